The van der Waals surface area contributed by atoms with E-state index in [-0.39, 0.29) is 0 Å². The van der Waals surface area contributed by atoms with Gasteiger partial charge in [0.05, 0.1) is 6.26 Å². The van der Waals surface area contributed by atoms with E-state index in [1.807, 2.05) is 12.1 Å². The highest BCUT2D eigenvalue weighted by molar-refractivity contribution is 5.80. The van der Waals surface area contributed by atoms with Crippen LogP contribution in [0.2, 0.25) is 0 Å². The summed E-state index contributed by atoms with van der Waals surface area (Å²) in [5.74, 6) is 1.90. The molecule has 0 aromatic carbocycles. The standard InChI is InChI=1S/C16H25N3O/c1-3-13(2)18-16(19-14-7-4-5-8-14)17-11-10-15-9-6-12-20-15/h4-6,9,12-14H,3,7-8,10-11H2,1-2H3,(H2,17,18,19). The molecular formula is C16H25N3O. The fourth-order valence-electron chi connectivity index (χ4n) is 2.13. The van der Waals surface area contributed by atoms with Gasteiger partial charge in [-0.25, -0.2) is 0 Å². The van der Waals surface area contributed by atoms with Crippen molar-refractivity contribution in [1.29, 1.82) is 0 Å². The van der Waals surface area contributed by atoms with E-state index in [1.54, 1.807) is 6.26 Å². The Hall–Kier alpha value is -1.71. The minimum Gasteiger partial charge on any atom is -0.469 e. The molecule has 1 heterocycles. The molecule has 1 unspecified atom stereocenters. The van der Waals surface area contributed by atoms with Gasteiger partial charge in [0, 0.05) is 25.0 Å². The van der Waals surface area contributed by atoms with Crippen LogP contribution in [0.15, 0.2) is 40.0 Å². The first-order valence-electron chi connectivity index (χ1n) is 7.52. The molecule has 110 valence electrons. The quantitative estimate of drug-likeness (QED) is 0.477. The maximum Gasteiger partial charge on any atom is 0.191 e. The van der Waals surface area contributed by atoms with Gasteiger partial charge in [-0.1, -0.05) is 19.1 Å². The molecular weight excluding hydrogens is 250 g/mol. The Balaban J connectivity index is 1.86. The molecule has 2 rings (SSSR count). The molecule has 0 bridgehead atoms. The number of nitrogens with one attached hydrogen (secondary N) is 2. The molecule has 2 N–H and O–H groups in total. The van der Waals surface area contributed by atoms with E-state index in [2.05, 4.69) is 41.6 Å². The first-order valence-corrected chi connectivity index (χ1v) is 7.52. The molecule has 0 aliphatic heterocycles. The van der Waals surface area contributed by atoms with Crippen molar-refractivity contribution >= 4 is 5.96 Å². The Morgan fingerprint density at radius 3 is 2.90 bits per heavy atom. The van der Waals surface area contributed by atoms with E-state index in [9.17, 15) is 0 Å². The zero-order valence-corrected chi connectivity index (χ0v) is 12.4. The van der Waals surface area contributed by atoms with E-state index < -0.39 is 0 Å². The summed E-state index contributed by atoms with van der Waals surface area (Å²) in [6.07, 6.45) is 10.2. The van der Waals surface area contributed by atoms with E-state index in [0.717, 1.165) is 43.9 Å². The van der Waals surface area contributed by atoms with Gasteiger partial charge in [0.15, 0.2) is 5.96 Å². The summed E-state index contributed by atoms with van der Waals surface area (Å²) in [4.78, 5) is 4.66. The second-order valence-electron chi connectivity index (χ2n) is 5.30. The average molecular weight is 275 g/mol. The largest absolute Gasteiger partial charge is 0.469 e. The number of hydrogen-bond acceptors (Lipinski definition) is 2. The van der Waals surface area contributed by atoms with Crippen LogP contribution in [-0.2, 0) is 6.42 Å². The SMILES string of the molecule is CCC(C)NC(=NCCc1ccco1)NC1CC=CC1. The minimum absolute atomic E-state index is 0.430. The van der Waals surface area contributed by atoms with Crippen LogP contribution < -0.4 is 10.6 Å². The van der Waals surface area contributed by atoms with Gasteiger partial charge in [0.2, 0.25) is 0 Å². The van der Waals surface area contributed by atoms with Crippen LogP contribution in [0.4, 0.5) is 0 Å². The molecule has 1 aliphatic carbocycles. The molecule has 0 fully saturated rings. The number of guanidine groups is 1. The van der Waals surface area contributed by atoms with Crippen molar-refractivity contribution in [3.63, 3.8) is 0 Å². The predicted octanol–water partition coefficient (Wildman–Crippen LogP) is 2.87. The molecule has 0 radical (unpaired) electrons. The molecule has 4 nitrogen and oxygen atoms in total. The fraction of sp³-hybridized carbons (Fsp3) is 0.562. The number of rotatable bonds is 6. The van der Waals surface area contributed by atoms with Crippen molar-refractivity contribution < 1.29 is 4.42 Å². The van der Waals surface area contributed by atoms with Gasteiger partial charge in [-0.2, -0.15) is 0 Å². The summed E-state index contributed by atoms with van der Waals surface area (Å²) < 4.78 is 5.33. The average Bonchev–Trinajstić information content (AvgIpc) is 3.11. The Labute approximate surface area is 121 Å². The number of aliphatic imine (C=N–C) groups is 1. The van der Waals surface area contributed by atoms with Crippen LogP contribution in [0, 0.1) is 0 Å². The van der Waals surface area contributed by atoms with Crippen molar-refractivity contribution in [2.24, 2.45) is 4.99 Å². The summed E-state index contributed by atoms with van der Waals surface area (Å²) in [6.45, 7) is 5.09. The van der Waals surface area contributed by atoms with Gasteiger partial charge >= 0.3 is 0 Å². The minimum atomic E-state index is 0.430. The Morgan fingerprint density at radius 1 is 1.45 bits per heavy atom. The van der Waals surface area contributed by atoms with Crippen LogP contribution in [-0.4, -0.2) is 24.6 Å². The monoisotopic (exact) mass is 275 g/mol. The highest BCUT2D eigenvalue weighted by atomic mass is 16.3. The zero-order chi connectivity index (χ0) is 14.2. The van der Waals surface area contributed by atoms with Gasteiger partial charge in [0.25, 0.3) is 0 Å². The van der Waals surface area contributed by atoms with Crippen LogP contribution in [0.5, 0.6) is 0 Å². The Kier molecular flexibility index (Phi) is 5.71. The lowest BCUT2D eigenvalue weighted by molar-refractivity contribution is 0.510. The normalized spacial score (nSPS) is 17.4. The number of nitrogens with zero attached hydrogens (tertiary/aromatic N) is 1. The molecule has 1 aliphatic rings. The maximum absolute atomic E-state index is 5.33. The van der Waals surface area contributed by atoms with Gasteiger partial charge in [-0.3, -0.25) is 4.99 Å². The molecule has 0 spiro atoms. The smallest absolute Gasteiger partial charge is 0.191 e. The molecule has 0 saturated heterocycles. The summed E-state index contributed by atoms with van der Waals surface area (Å²) in [6, 6.07) is 4.82. The van der Waals surface area contributed by atoms with Crippen LogP contribution in [0.3, 0.4) is 0 Å². The van der Waals surface area contributed by atoms with Crippen molar-refractivity contribution in [1.82, 2.24) is 10.6 Å². The molecule has 1 aromatic heterocycles. The lowest BCUT2D eigenvalue weighted by atomic mass is 10.2. The lowest BCUT2D eigenvalue weighted by Gasteiger charge is -2.20. The molecule has 20 heavy (non-hydrogen) atoms. The second-order valence-corrected chi connectivity index (χ2v) is 5.30. The van der Waals surface area contributed by atoms with Gasteiger partial charge in [0.1, 0.15) is 5.76 Å². The number of furan rings is 1. The van der Waals surface area contributed by atoms with Crippen LogP contribution in [0.25, 0.3) is 0 Å². The molecule has 1 atom stereocenters. The predicted molar refractivity (Wildman–Crippen MR) is 82.9 cm³/mol. The highest BCUT2D eigenvalue weighted by Crippen LogP contribution is 2.09. The van der Waals surface area contributed by atoms with Crippen LogP contribution in [0.1, 0.15) is 38.9 Å². The van der Waals surface area contributed by atoms with Crippen molar-refractivity contribution in [3.05, 3.63) is 36.3 Å². The molecule has 4 heteroatoms. The first kappa shape index (κ1) is 14.7. The van der Waals surface area contributed by atoms with Crippen molar-refractivity contribution in [2.45, 2.75) is 51.6 Å². The summed E-state index contributed by atoms with van der Waals surface area (Å²) in [5, 5.41) is 6.96. The third kappa shape index (κ3) is 4.76. The Bertz CT molecular complexity index is 429. The van der Waals surface area contributed by atoms with Crippen LogP contribution >= 0.6 is 0 Å². The van der Waals surface area contributed by atoms with Gasteiger partial charge < -0.3 is 15.1 Å². The molecule has 0 saturated carbocycles. The van der Waals surface area contributed by atoms with Crippen molar-refractivity contribution in [2.75, 3.05) is 6.54 Å². The van der Waals surface area contributed by atoms with E-state index in [1.165, 1.54) is 0 Å². The fourth-order valence-corrected chi connectivity index (χ4v) is 2.13. The summed E-state index contributed by atoms with van der Waals surface area (Å²) >= 11 is 0. The lowest BCUT2D eigenvalue weighted by Crippen LogP contribution is -2.46. The van der Waals surface area contributed by atoms with Gasteiger partial charge in [-0.05, 0) is 38.3 Å². The highest BCUT2D eigenvalue weighted by Gasteiger charge is 2.13. The van der Waals surface area contributed by atoms with Gasteiger partial charge in [-0.15, -0.1) is 0 Å². The third-order valence-corrected chi connectivity index (χ3v) is 3.55. The first-order chi connectivity index (χ1) is 9.78. The van der Waals surface area contributed by atoms with E-state index >= 15 is 0 Å². The Morgan fingerprint density at radius 2 is 2.25 bits per heavy atom. The molecule has 1 aromatic rings. The molecule has 0 amide bonds. The van der Waals surface area contributed by atoms with Crippen molar-refractivity contribution in [3.8, 4) is 0 Å². The third-order valence-electron chi connectivity index (χ3n) is 3.55. The number of hydrogen-bond donors (Lipinski definition) is 2. The summed E-state index contributed by atoms with van der Waals surface area (Å²) in [5.41, 5.74) is 0. The topological polar surface area (TPSA) is 49.6 Å². The zero-order valence-electron chi connectivity index (χ0n) is 12.4. The summed E-state index contributed by atoms with van der Waals surface area (Å²) in [7, 11) is 0. The van der Waals surface area contributed by atoms with E-state index in [4.69, 9.17) is 4.42 Å². The van der Waals surface area contributed by atoms with E-state index in [0.29, 0.717) is 12.1 Å². The maximum atomic E-state index is 5.33. The second kappa shape index (κ2) is 7.78.